The zero-order chi connectivity index (χ0) is 8.27. The number of hydrogen-bond acceptors (Lipinski definition) is 1. The Kier molecular flexibility index (Phi) is 3.84. The maximum absolute atomic E-state index is 5.58. The fourth-order valence-electron chi connectivity index (χ4n) is 1.11. The summed E-state index contributed by atoms with van der Waals surface area (Å²) in [5.41, 5.74) is 3.04. The van der Waals surface area contributed by atoms with Crippen LogP contribution >= 0.6 is 19.7 Å². The predicted molar refractivity (Wildman–Crippen MR) is 51.7 cm³/mol. The van der Waals surface area contributed by atoms with Crippen molar-refractivity contribution in [3.8, 4) is 0 Å². The van der Waals surface area contributed by atoms with Gasteiger partial charge in [0.05, 0.1) is 6.61 Å². The minimum Gasteiger partial charge on any atom is -0.357 e. The van der Waals surface area contributed by atoms with Gasteiger partial charge in [0.25, 0.3) is 0 Å². The van der Waals surface area contributed by atoms with Gasteiger partial charge in [-0.05, 0) is 13.8 Å². The van der Waals surface area contributed by atoms with Crippen LogP contribution in [0.15, 0.2) is 11.1 Å². The highest BCUT2D eigenvalue weighted by atomic mass is 35.5. The molecule has 1 rings (SSSR count). The van der Waals surface area contributed by atoms with Gasteiger partial charge in [0.15, 0.2) is 0 Å². The van der Waals surface area contributed by atoms with E-state index < -0.39 is 0 Å². The Bertz CT molecular complexity index is 153. The maximum atomic E-state index is 5.58. The Labute approximate surface area is 74.6 Å². The van der Waals surface area contributed by atoms with Crippen LogP contribution in [0.5, 0.6) is 0 Å². The van der Waals surface area contributed by atoms with Crippen LogP contribution in [-0.4, -0.2) is 24.8 Å². The molecule has 0 unspecified atom stereocenters. The Morgan fingerprint density at radius 1 is 1.36 bits per heavy atom. The highest BCUT2D eigenvalue weighted by Gasteiger charge is 2.18. The zero-order valence-electron chi connectivity index (χ0n) is 7.06. The summed E-state index contributed by atoms with van der Waals surface area (Å²) in [6.45, 7) is 5.11. The summed E-state index contributed by atoms with van der Waals surface area (Å²) >= 11 is 5.52. The molecule has 0 N–H and O–H groups in total. The molecule has 0 aliphatic carbocycles. The Morgan fingerprint density at radius 3 is 2.36 bits per heavy atom. The van der Waals surface area contributed by atoms with Crippen molar-refractivity contribution in [2.75, 3.05) is 24.8 Å². The average Bonchev–Trinajstić information content (AvgIpc) is 2.28. The Balaban J connectivity index is 2.24. The van der Waals surface area contributed by atoms with E-state index >= 15 is 0 Å². The van der Waals surface area contributed by atoms with Crippen LogP contribution < -0.4 is 0 Å². The average molecular weight is 193 g/mol. The molecule has 0 aromatic heterocycles. The summed E-state index contributed by atoms with van der Waals surface area (Å²) < 4.78 is 5.58. The van der Waals surface area contributed by atoms with Crippen LogP contribution in [0.3, 0.4) is 0 Å². The Hall–Kier alpha value is 0.420. The normalized spacial score (nSPS) is 19.9. The Morgan fingerprint density at radius 2 is 1.91 bits per heavy atom. The third-order valence-electron chi connectivity index (χ3n) is 1.91. The van der Waals surface area contributed by atoms with Gasteiger partial charge in [0, 0.05) is 26.4 Å². The third-order valence-corrected chi connectivity index (χ3v) is 4.26. The minimum absolute atomic E-state index is 0.188. The van der Waals surface area contributed by atoms with E-state index in [0.717, 1.165) is 12.3 Å². The monoisotopic (exact) mass is 192 g/mol. The van der Waals surface area contributed by atoms with E-state index in [0.29, 0.717) is 12.5 Å². The standard InChI is InChI=1S/C8H14ClOP/c1-7-5-11(6-8(7)2)10-4-3-9/h3-6H2,1-2H3. The van der Waals surface area contributed by atoms with E-state index in [1.807, 2.05) is 0 Å². The molecule has 1 nitrogen and oxygen atoms in total. The van der Waals surface area contributed by atoms with Gasteiger partial charge in [-0.15, -0.1) is 11.6 Å². The van der Waals surface area contributed by atoms with Crippen LogP contribution in [-0.2, 0) is 4.52 Å². The minimum atomic E-state index is -0.188. The molecule has 11 heavy (non-hydrogen) atoms. The second kappa shape index (κ2) is 4.45. The molecule has 0 radical (unpaired) electrons. The number of hydrogen-bond donors (Lipinski definition) is 0. The van der Waals surface area contributed by atoms with Crippen LogP contribution in [0.4, 0.5) is 0 Å². The van der Waals surface area contributed by atoms with Gasteiger partial charge < -0.3 is 4.52 Å². The summed E-state index contributed by atoms with van der Waals surface area (Å²) in [5.74, 6) is 0.622. The maximum Gasteiger partial charge on any atom is 0.0644 e. The van der Waals surface area contributed by atoms with Crippen molar-refractivity contribution in [3.05, 3.63) is 11.1 Å². The molecule has 1 heterocycles. The third kappa shape index (κ3) is 2.74. The van der Waals surface area contributed by atoms with E-state index in [2.05, 4.69) is 13.8 Å². The first-order valence-corrected chi connectivity index (χ1v) is 5.99. The van der Waals surface area contributed by atoms with Gasteiger partial charge >= 0.3 is 0 Å². The molecule has 1 aliphatic rings. The largest absolute Gasteiger partial charge is 0.357 e. The molecule has 0 aromatic carbocycles. The summed E-state index contributed by atoms with van der Waals surface area (Å²) in [6, 6.07) is 0. The van der Waals surface area contributed by atoms with E-state index in [4.69, 9.17) is 16.1 Å². The molecule has 0 spiro atoms. The van der Waals surface area contributed by atoms with Gasteiger partial charge in [0.1, 0.15) is 0 Å². The number of alkyl halides is 1. The molecular weight excluding hydrogens is 179 g/mol. The first-order chi connectivity index (χ1) is 5.24. The van der Waals surface area contributed by atoms with Crippen molar-refractivity contribution in [1.29, 1.82) is 0 Å². The molecular formula is C8H14ClOP. The zero-order valence-corrected chi connectivity index (χ0v) is 8.71. The van der Waals surface area contributed by atoms with Crippen LogP contribution in [0.2, 0.25) is 0 Å². The second-order valence-corrected chi connectivity index (χ2v) is 5.11. The van der Waals surface area contributed by atoms with E-state index in [-0.39, 0.29) is 8.15 Å². The predicted octanol–water partition coefficient (Wildman–Crippen LogP) is 2.99. The van der Waals surface area contributed by atoms with E-state index in [1.54, 1.807) is 0 Å². The van der Waals surface area contributed by atoms with Gasteiger partial charge in [-0.1, -0.05) is 11.1 Å². The molecule has 0 bridgehead atoms. The first kappa shape index (κ1) is 9.51. The molecule has 0 atom stereocenters. The lowest BCUT2D eigenvalue weighted by Crippen LogP contribution is -1.92. The topological polar surface area (TPSA) is 9.23 Å². The van der Waals surface area contributed by atoms with Crippen molar-refractivity contribution in [1.82, 2.24) is 0 Å². The van der Waals surface area contributed by atoms with Gasteiger partial charge in [-0.25, -0.2) is 0 Å². The molecule has 64 valence electrons. The highest BCUT2D eigenvalue weighted by Crippen LogP contribution is 2.46. The highest BCUT2D eigenvalue weighted by molar-refractivity contribution is 7.53. The van der Waals surface area contributed by atoms with Gasteiger partial charge in [-0.3, -0.25) is 0 Å². The van der Waals surface area contributed by atoms with Crippen LogP contribution in [0.25, 0.3) is 0 Å². The summed E-state index contributed by atoms with van der Waals surface area (Å²) in [4.78, 5) is 0. The second-order valence-electron chi connectivity index (χ2n) is 2.88. The molecule has 0 amide bonds. The van der Waals surface area contributed by atoms with Gasteiger partial charge in [-0.2, -0.15) is 0 Å². The van der Waals surface area contributed by atoms with Crippen molar-refractivity contribution < 1.29 is 4.52 Å². The fraction of sp³-hybridized carbons (Fsp3) is 0.750. The molecule has 3 heteroatoms. The number of halogens is 1. The quantitative estimate of drug-likeness (QED) is 0.380. The lowest BCUT2D eigenvalue weighted by Gasteiger charge is -2.09. The number of rotatable bonds is 3. The molecule has 1 aliphatic heterocycles. The molecule has 0 saturated heterocycles. The summed E-state index contributed by atoms with van der Waals surface area (Å²) in [6.07, 6.45) is 2.33. The van der Waals surface area contributed by atoms with E-state index in [9.17, 15) is 0 Å². The lowest BCUT2D eigenvalue weighted by molar-refractivity contribution is 0.383. The lowest BCUT2D eigenvalue weighted by atomic mass is 10.2. The van der Waals surface area contributed by atoms with Crippen molar-refractivity contribution in [2.45, 2.75) is 13.8 Å². The molecule has 0 aromatic rings. The molecule has 0 fully saturated rings. The smallest absolute Gasteiger partial charge is 0.0644 e. The van der Waals surface area contributed by atoms with Crippen LogP contribution in [0.1, 0.15) is 13.8 Å². The summed E-state index contributed by atoms with van der Waals surface area (Å²) in [5, 5.41) is 0. The number of allylic oxidation sites excluding steroid dienone is 2. The van der Waals surface area contributed by atoms with E-state index in [1.165, 1.54) is 11.1 Å². The van der Waals surface area contributed by atoms with Gasteiger partial charge in [0.2, 0.25) is 0 Å². The SMILES string of the molecule is CC1=C(C)CP(OCCCl)C1. The first-order valence-electron chi connectivity index (χ1n) is 3.83. The van der Waals surface area contributed by atoms with Crippen LogP contribution in [0, 0.1) is 0 Å². The summed E-state index contributed by atoms with van der Waals surface area (Å²) in [7, 11) is -0.188. The van der Waals surface area contributed by atoms with Crippen molar-refractivity contribution >= 4 is 19.7 Å². The van der Waals surface area contributed by atoms with Crippen molar-refractivity contribution in [2.24, 2.45) is 0 Å². The molecule has 0 saturated carbocycles. The fourth-order valence-corrected chi connectivity index (χ4v) is 3.54. The van der Waals surface area contributed by atoms with Crippen molar-refractivity contribution in [3.63, 3.8) is 0 Å².